The summed E-state index contributed by atoms with van der Waals surface area (Å²) in [4.78, 5) is 22.6. The van der Waals surface area contributed by atoms with Gasteiger partial charge in [0.25, 0.3) is 11.1 Å². The number of allylic oxidation sites excluding steroid dienone is 2. The van der Waals surface area contributed by atoms with E-state index in [4.69, 9.17) is 0 Å². The Morgan fingerprint density at radius 3 is 1.50 bits per heavy atom. The summed E-state index contributed by atoms with van der Waals surface area (Å²) in [5.74, 6) is 0. The maximum absolute atomic E-state index is 11.3. The Labute approximate surface area is 79.6 Å². The Hall–Kier alpha value is -2.10. The van der Waals surface area contributed by atoms with E-state index in [1.165, 1.54) is 24.3 Å². The molecule has 1 rings (SSSR count). The normalized spacial score (nSPS) is 12.9. The summed E-state index contributed by atoms with van der Waals surface area (Å²) in [6, 6.07) is 0. The molecule has 4 nitrogen and oxygen atoms in total. The number of H-pyrrole nitrogens is 2. The third-order valence-corrected chi connectivity index (χ3v) is 1.64. The van der Waals surface area contributed by atoms with E-state index >= 15 is 0 Å². The van der Waals surface area contributed by atoms with Crippen LogP contribution in [0.4, 0.5) is 0 Å². The van der Waals surface area contributed by atoms with Crippen LogP contribution in [0, 0.1) is 0 Å². The van der Waals surface area contributed by atoms with Crippen LogP contribution >= 0.6 is 0 Å². The minimum Gasteiger partial charge on any atom is -0.267 e. The lowest BCUT2D eigenvalue weighted by Crippen LogP contribution is -2.50. The summed E-state index contributed by atoms with van der Waals surface area (Å²) in [7, 11) is 0. The van der Waals surface area contributed by atoms with Crippen LogP contribution in [-0.4, -0.2) is 10.2 Å². The van der Waals surface area contributed by atoms with Crippen LogP contribution in [0.25, 0.3) is 12.2 Å². The lowest BCUT2D eigenvalue weighted by Gasteiger charge is -1.87. The van der Waals surface area contributed by atoms with Gasteiger partial charge in [-0.2, -0.15) is 0 Å². The fourth-order valence-electron chi connectivity index (χ4n) is 1.06. The van der Waals surface area contributed by atoms with Crippen LogP contribution < -0.4 is 21.6 Å². The lowest BCUT2D eigenvalue weighted by atomic mass is 10.3. The zero-order chi connectivity index (χ0) is 10.6. The topological polar surface area (TPSA) is 65.7 Å². The second-order valence-corrected chi connectivity index (χ2v) is 2.54. The van der Waals surface area contributed by atoms with Gasteiger partial charge in [-0.25, -0.2) is 0 Å². The molecule has 1 heterocycles. The molecule has 0 saturated carbocycles. The molecule has 0 saturated heterocycles. The largest absolute Gasteiger partial charge is 0.270 e. The molecule has 0 aliphatic heterocycles. The van der Waals surface area contributed by atoms with E-state index in [2.05, 4.69) is 23.4 Å². The van der Waals surface area contributed by atoms with E-state index < -0.39 is 0 Å². The molecule has 1 aromatic rings. The van der Waals surface area contributed by atoms with Gasteiger partial charge in [-0.15, -0.1) is 0 Å². The predicted octanol–water partition coefficient (Wildman–Crippen LogP) is -1.00. The van der Waals surface area contributed by atoms with Crippen LogP contribution in [0.1, 0.15) is 0 Å². The van der Waals surface area contributed by atoms with Gasteiger partial charge in [-0.05, 0) is 12.2 Å². The molecule has 14 heavy (non-hydrogen) atoms. The van der Waals surface area contributed by atoms with Gasteiger partial charge in [0.15, 0.2) is 0 Å². The first kappa shape index (κ1) is 9.98. The average Bonchev–Trinajstić information content (AvgIpc) is 2.17. The van der Waals surface area contributed by atoms with Gasteiger partial charge in [0, 0.05) is 0 Å². The van der Waals surface area contributed by atoms with Crippen LogP contribution in [0.5, 0.6) is 0 Å². The van der Waals surface area contributed by atoms with E-state index in [9.17, 15) is 9.59 Å². The maximum Gasteiger partial charge on any atom is 0.270 e. The Balaban J connectivity index is 3.97. The molecule has 0 unspecified atom stereocenters. The summed E-state index contributed by atoms with van der Waals surface area (Å²) in [6.07, 6.45) is 5.85. The zero-order valence-corrected chi connectivity index (χ0v) is 7.54. The van der Waals surface area contributed by atoms with Gasteiger partial charge in [0.1, 0.15) is 0 Å². The van der Waals surface area contributed by atoms with Crippen molar-refractivity contribution in [1.82, 2.24) is 10.2 Å². The molecule has 2 N–H and O–H groups in total. The summed E-state index contributed by atoms with van der Waals surface area (Å²) in [5, 5.41) is 5.01. The average molecular weight is 190 g/mol. The number of hydrogen-bond donors (Lipinski definition) is 2. The van der Waals surface area contributed by atoms with E-state index in [1.807, 2.05) is 0 Å². The van der Waals surface area contributed by atoms with Crippen LogP contribution in [0.15, 0.2) is 34.9 Å². The SMILES string of the molecule is C=C/C=c1/c(=O)[nH][nH]c(=O)/c1=C/C=C. The first-order chi connectivity index (χ1) is 6.70. The molecule has 0 aliphatic carbocycles. The molecular formula is C10H10N2O2. The molecule has 0 spiro atoms. The van der Waals surface area contributed by atoms with Crippen LogP contribution in [0.2, 0.25) is 0 Å². The van der Waals surface area contributed by atoms with Crippen molar-refractivity contribution in [2.45, 2.75) is 0 Å². The number of nitrogens with one attached hydrogen (secondary N) is 2. The van der Waals surface area contributed by atoms with E-state index in [0.29, 0.717) is 0 Å². The fraction of sp³-hybridized carbons (Fsp3) is 0. The van der Waals surface area contributed by atoms with Crippen molar-refractivity contribution in [3.8, 4) is 0 Å². The molecule has 72 valence electrons. The van der Waals surface area contributed by atoms with Gasteiger partial charge in [0.2, 0.25) is 0 Å². The fourth-order valence-corrected chi connectivity index (χ4v) is 1.06. The summed E-state index contributed by atoms with van der Waals surface area (Å²) in [5.41, 5.74) is -0.727. The molecule has 0 amide bonds. The molecule has 1 aromatic heterocycles. The van der Waals surface area contributed by atoms with Crippen molar-refractivity contribution in [3.63, 3.8) is 0 Å². The van der Waals surface area contributed by atoms with Gasteiger partial charge in [-0.1, -0.05) is 25.3 Å². The third kappa shape index (κ3) is 1.80. The Morgan fingerprint density at radius 2 is 1.21 bits per heavy atom. The highest BCUT2D eigenvalue weighted by atomic mass is 16.1. The number of hydrogen-bond acceptors (Lipinski definition) is 2. The van der Waals surface area contributed by atoms with E-state index in [1.54, 1.807) is 0 Å². The van der Waals surface area contributed by atoms with Crippen molar-refractivity contribution < 1.29 is 0 Å². The highest BCUT2D eigenvalue weighted by Gasteiger charge is 1.94. The highest BCUT2D eigenvalue weighted by Crippen LogP contribution is 1.61. The van der Waals surface area contributed by atoms with Gasteiger partial charge >= 0.3 is 0 Å². The molecule has 0 radical (unpaired) electrons. The van der Waals surface area contributed by atoms with Crippen molar-refractivity contribution in [2.75, 3.05) is 0 Å². The second-order valence-electron chi connectivity index (χ2n) is 2.54. The first-order valence-electron chi connectivity index (χ1n) is 3.97. The molecule has 4 heteroatoms. The summed E-state index contributed by atoms with van der Waals surface area (Å²) < 4.78 is 0. The van der Waals surface area contributed by atoms with Gasteiger partial charge < -0.3 is 0 Å². The molecule has 0 bridgehead atoms. The Kier molecular flexibility index (Phi) is 3.01. The van der Waals surface area contributed by atoms with Crippen molar-refractivity contribution in [2.24, 2.45) is 0 Å². The predicted molar refractivity (Wildman–Crippen MR) is 56.3 cm³/mol. The van der Waals surface area contributed by atoms with Gasteiger partial charge in [0.05, 0.1) is 10.4 Å². The zero-order valence-electron chi connectivity index (χ0n) is 7.54. The maximum atomic E-state index is 11.3. The molecule has 0 aromatic carbocycles. The summed E-state index contributed by atoms with van der Waals surface area (Å²) in [6.45, 7) is 6.94. The van der Waals surface area contributed by atoms with E-state index in [-0.39, 0.29) is 21.6 Å². The smallest absolute Gasteiger partial charge is 0.267 e. The Morgan fingerprint density at radius 1 is 0.857 bits per heavy atom. The molecular weight excluding hydrogens is 180 g/mol. The molecule has 0 fully saturated rings. The monoisotopic (exact) mass is 190 g/mol. The minimum absolute atomic E-state index is 0.281. The molecule has 0 atom stereocenters. The third-order valence-electron chi connectivity index (χ3n) is 1.64. The number of aromatic nitrogens is 2. The second kappa shape index (κ2) is 4.23. The van der Waals surface area contributed by atoms with Crippen molar-refractivity contribution in [3.05, 3.63) is 56.5 Å². The minimum atomic E-state index is -0.363. The molecule has 0 aliphatic rings. The van der Waals surface area contributed by atoms with Crippen LogP contribution in [-0.2, 0) is 0 Å². The quantitative estimate of drug-likeness (QED) is 0.628. The number of aromatic amines is 2. The highest BCUT2D eigenvalue weighted by molar-refractivity contribution is 5.40. The first-order valence-corrected chi connectivity index (χ1v) is 3.97. The van der Waals surface area contributed by atoms with Crippen molar-refractivity contribution in [1.29, 1.82) is 0 Å². The Bertz CT molecular complexity index is 522. The lowest BCUT2D eigenvalue weighted by molar-refractivity contribution is 0.924. The van der Waals surface area contributed by atoms with Gasteiger partial charge in [-0.3, -0.25) is 19.8 Å². The van der Waals surface area contributed by atoms with E-state index in [0.717, 1.165) is 0 Å². The summed E-state index contributed by atoms with van der Waals surface area (Å²) >= 11 is 0. The van der Waals surface area contributed by atoms with Crippen LogP contribution in [0.3, 0.4) is 0 Å². The van der Waals surface area contributed by atoms with Crippen molar-refractivity contribution >= 4 is 12.2 Å². The standard InChI is InChI=1S/C10H10N2O2/c1-3-5-7-8(6-4-2)10(14)12-11-9(7)13/h3-6H,1-2H2,(H,11,13)(H,12,14)/b7-5+,8-6+. The number of rotatable bonds is 2.